The lowest BCUT2D eigenvalue weighted by Gasteiger charge is -2.13. The second-order valence-corrected chi connectivity index (χ2v) is 5.90. The van der Waals surface area contributed by atoms with E-state index in [1.807, 2.05) is 13.8 Å². The molecule has 0 atom stereocenters. The average Bonchev–Trinajstić information content (AvgIpc) is 2.43. The summed E-state index contributed by atoms with van der Waals surface area (Å²) in [5.41, 5.74) is 0. The highest BCUT2D eigenvalue weighted by molar-refractivity contribution is 7.89. The highest BCUT2D eigenvalue weighted by Crippen LogP contribution is 2.30. The maximum atomic E-state index is 11.7. The first kappa shape index (κ1) is 15.8. The van der Waals surface area contributed by atoms with E-state index < -0.39 is 10.0 Å². The average molecular weight is 287 g/mol. The summed E-state index contributed by atoms with van der Waals surface area (Å²) in [6.45, 7) is 5.08. The largest absolute Gasteiger partial charge is 0.490 e. The third-order valence-corrected chi connectivity index (χ3v) is 3.83. The number of hydrogen-bond donors (Lipinski definition) is 1. The molecule has 19 heavy (non-hydrogen) atoms. The molecule has 5 nitrogen and oxygen atoms in total. The number of ether oxygens (including phenoxy) is 2. The van der Waals surface area contributed by atoms with Gasteiger partial charge in [0, 0.05) is 6.07 Å². The normalized spacial score (nSPS) is 11.3. The zero-order chi connectivity index (χ0) is 14.3. The maximum absolute atomic E-state index is 11.7. The summed E-state index contributed by atoms with van der Waals surface area (Å²) >= 11 is 0. The van der Waals surface area contributed by atoms with Crippen molar-refractivity contribution < 1.29 is 17.9 Å². The Morgan fingerprint density at radius 1 is 1.05 bits per heavy atom. The third-order valence-electron chi connectivity index (χ3n) is 2.42. The van der Waals surface area contributed by atoms with E-state index in [4.69, 9.17) is 9.47 Å². The van der Waals surface area contributed by atoms with E-state index >= 15 is 0 Å². The Labute approximate surface area is 115 Å². The van der Waals surface area contributed by atoms with E-state index in [9.17, 15) is 8.42 Å². The minimum Gasteiger partial charge on any atom is -0.490 e. The molecule has 1 rings (SSSR count). The first-order valence-corrected chi connectivity index (χ1v) is 7.86. The molecule has 1 aromatic rings. The zero-order valence-corrected chi connectivity index (χ0v) is 12.4. The van der Waals surface area contributed by atoms with Gasteiger partial charge in [-0.1, -0.05) is 13.8 Å². The van der Waals surface area contributed by atoms with Gasteiger partial charge >= 0.3 is 0 Å². The van der Waals surface area contributed by atoms with Crippen LogP contribution in [0.25, 0.3) is 0 Å². The van der Waals surface area contributed by atoms with E-state index in [0.717, 1.165) is 12.8 Å². The molecule has 0 saturated carbocycles. The van der Waals surface area contributed by atoms with Crippen LogP contribution in [-0.2, 0) is 10.0 Å². The lowest BCUT2D eigenvalue weighted by molar-refractivity contribution is 0.267. The fourth-order valence-corrected chi connectivity index (χ4v) is 2.17. The molecule has 0 radical (unpaired) electrons. The molecule has 0 spiro atoms. The van der Waals surface area contributed by atoms with Crippen LogP contribution >= 0.6 is 0 Å². The van der Waals surface area contributed by atoms with Crippen LogP contribution < -0.4 is 14.2 Å². The molecule has 0 unspecified atom stereocenters. The Kier molecular flexibility index (Phi) is 6.11. The standard InChI is InChI=1S/C13H21NO4S/c1-4-8-17-12-7-6-11(19(15,16)14-3)10-13(12)18-9-5-2/h6-7,10,14H,4-5,8-9H2,1-3H3. The van der Waals surface area contributed by atoms with Crippen LogP contribution in [0.4, 0.5) is 0 Å². The molecule has 6 heteroatoms. The van der Waals surface area contributed by atoms with Gasteiger partial charge in [0.25, 0.3) is 0 Å². The van der Waals surface area contributed by atoms with Crippen LogP contribution in [0, 0.1) is 0 Å². The Bertz CT molecular complexity index is 499. The Balaban J connectivity index is 3.07. The second kappa shape index (κ2) is 7.35. The Morgan fingerprint density at radius 2 is 1.63 bits per heavy atom. The Morgan fingerprint density at radius 3 is 2.16 bits per heavy atom. The topological polar surface area (TPSA) is 64.6 Å². The smallest absolute Gasteiger partial charge is 0.240 e. The summed E-state index contributed by atoms with van der Waals surface area (Å²) in [5.74, 6) is 1.04. The predicted molar refractivity (Wildman–Crippen MR) is 74.3 cm³/mol. The number of hydrogen-bond acceptors (Lipinski definition) is 4. The van der Waals surface area contributed by atoms with Gasteiger partial charge in [0.1, 0.15) is 0 Å². The van der Waals surface area contributed by atoms with Gasteiger partial charge in [-0.15, -0.1) is 0 Å². The maximum Gasteiger partial charge on any atom is 0.240 e. The van der Waals surface area contributed by atoms with Gasteiger partial charge in [0.2, 0.25) is 10.0 Å². The lowest BCUT2D eigenvalue weighted by atomic mass is 10.3. The molecule has 0 amide bonds. The van der Waals surface area contributed by atoms with Crippen LogP contribution in [0.1, 0.15) is 26.7 Å². The molecular formula is C13H21NO4S. The number of rotatable bonds is 8. The molecule has 1 aromatic carbocycles. The van der Waals surface area contributed by atoms with Gasteiger partial charge in [0.15, 0.2) is 11.5 Å². The van der Waals surface area contributed by atoms with Crippen molar-refractivity contribution in [1.29, 1.82) is 0 Å². The SMILES string of the molecule is CCCOc1ccc(S(=O)(=O)NC)cc1OCCC. The molecule has 0 aliphatic carbocycles. The molecule has 0 bridgehead atoms. The van der Waals surface area contributed by atoms with Crippen LogP contribution in [-0.4, -0.2) is 28.7 Å². The molecule has 0 fully saturated rings. The number of nitrogens with one attached hydrogen (secondary N) is 1. The van der Waals surface area contributed by atoms with Crippen molar-refractivity contribution in [2.24, 2.45) is 0 Å². The highest BCUT2D eigenvalue weighted by atomic mass is 32.2. The van der Waals surface area contributed by atoms with Gasteiger partial charge in [-0.2, -0.15) is 0 Å². The van der Waals surface area contributed by atoms with Gasteiger partial charge < -0.3 is 9.47 Å². The van der Waals surface area contributed by atoms with Crippen molar-refractivity contribution in [3.63, 3.8) is 0 Å². The van der Waals surface area contributed by atoms with E-state index in [1.54, 1.807) is 6.07 Å². The molecule has 1 N–H and O–H groups in total. The van der Waals surface area contributed by atoms with Gasteiger partial charge in [-0.3, -0.25) is 0 Å². The van der Waals surface area contributed by atoms with Gasteiger partial charge in [-0.05, 0) is 32.0 Å². The second-order valence-electron chi connectivity index (χ2n) is 4.01. The van der Waals surface area contributed by atoms with Gasteiger partial charge in [-0.25, -0.2) is 13.1 Å². The van der Waals surface area contributed by atoms with Crippen molar-refractivity contribution in [3.8, 4) is 11.5 Å². The predicted octanol–water partition coefficient (Wildman–Crippen LogP) is 2.17. The minimum atomic E-state index is -3.47. The monoisotopic (exact) mass is 287 g/mol. The van der Waals surface area contributed by atoms with Crippen LogP contribution in [0.3, 0.4) is 0 Å². The minimum absolute atomic E-state index is 0.171. The molecule has 0 heterocycles. The van der Waals surface area contributed by atoms with Crippen LogP contribution in [0.5, 0.6) is 11.5 Å². The summed E-state index contributed by atoms with van der Waals surface area (Å²) in [7, 11) is -2.09. The molecular weight excluding hydrogens is 266 g/mol. The first-order valence-electron chi connectivity index (χ1n) is 6.38. The van der Waals surface area contributed by atoms with Gasteiger partial charge in [0.05, 0.1) is 18.1 Å². The van der Waals surface area contributed by atoms with Crippen molar-refractivity contribution in [2.45, 2.75) is 31.6 Å². The first-order chi connectivity index (χ1) is 9.05. The summed E-state index contributed by atoms with van der Waals surface area (Å²) in [4.78, 5) is 0.171. The lowest BCUT2D eigenvalue weighted by Crippen LogP contribution is -2.18. The summed E-state index contributed by atoms with van der Waals surface area (Å²) < 4.78 is 36.9. The third kappa shape index (κ3) is 4.40. The van der Waals surface area contributed by atoms with Crippen molar-refractivity contribution in [3.05, 3.63) is 18.2 Å². The molecule has 0 aromatic heterocycles. The number of sulfonamides is 1. The molecule has 108 valence electrons. The number of benzene rings is 1. The van der Waals surface area contributed by atoms with Crippen LogP contribution in [0.15, 0.2) is 23.1 Å². The van der Waals surface area contributed by atoms with Crippen LogP contribution in [0.2, 0.25) is 0 Å². The zero-order valence-electron chi connectivity index (χ0n) is 11.6. The summed E-state index contributed by atoms with van der Waals surface area (Å²) in [6.07, 6.45) is 1.72. The van der Waals surface area contributed by atoms with E-state index in [0.29, 0.717) is 24.7 Å². The molecule has 0 aliphatic heterocycles. The quantitative estimate of drug-likeness (QED) is 0.796. The van der Waals surface area contributed by atoms with E-state index in [1.165, 1.54) is 19.2 Å². The fourth-order valence-electron chi connectivity index (χ4n) is 1.43. The van der Waals surface area contributed by atoms with E-state index in [-0.39, 0.29) is 4.90 Å². The molecule has 0 aliphatic rings. The summed E-state index contributed by atoms with van der Waals surface area (Å²) in [5, 5.41) is 0. The summed E-state index contributed by atoms with van der Waals surface area (Å²) in [6, 6.07) is 4.63. The molecule has 0 saturated heterocycles. The van der Waals surface area contributed by atoms with Crippen molar-refractivity contribution in [2.75, 3.05) is 20.3 Å². The highest BCUT2D eigenvalue weighted by Gasteiger charge is 2.15. The van der Waals surface area contributed by atoms with Crippen molar-refractivity contribution >= 4 is 10.0 Å². The fraction of sp³-hybridized carbons (Fsp3) is 0.538. The Hall–Kier alpha value is -1.27. The van der Waals surface area contributed by atoms with E-state index in [2.05, 4.69) is 4.72 Å². The van der Waals surface area contributed by atoms with Crippen molar-refractivity contribution in [1.82, 2.24) is 4.72 Å².